The molecule has 2 saturated carbocycles. The Morgan fingerprint density at radius 2 is 1.42 bits per heavy atom. The molecule has 0 aromatic carbocycles. The molecule has 0 saturated heterocycles. The number of esters is 1. The molecule has 0 aromatic rings. The summed E-state index contributed by atoms with van der Waals surface area (Å²) in [7, 11) is 1.21. The van der Waals surface area contributed by atoms with Crippen LogP contribution >= 0.6 is 0 Å². The van der Waals surface area contributed by atoms with Crippen molar-refractivity contribution in [2.75, 3.05) is 7.11 Å². The molecule has 2 aliphatic rings. The highest BCUT2D eigenvalue weighted by Gasteiger charge is 2.24. The summed E-state index contributed by atoms with van der Waals surface area (Å²) >= 11 is 0. The van der Waals surface area contributed by atoms with Crippen molar-refractivity contribution in [3.8, 4) is 0 Å². The standard InChI is InChI=1S/C12H23N.C11H19NO6/c1-3-7-11(8-4-1)13-12-9-5-2-6-10-12;1-11(2,3)18-10(16)12-7(9(14)15)5-6-8(13)17-4/h11-13H,1-10H2;7H,5-6H2,1-4H3,(H,12,16)(H,14,15)/t;7-/m.1/s1. The van der Waals surface area contributed by atoms with Gasteiger partial charge in [-0.2, -0.15) is 0 Å². The highest BCUT2D eigenvalue weighted by molar-refractivity contribution is 5.80. The number of hydrogen-bond acceptors (Lipinski definition) is 6. The smallest absolute Gasteiger partial charge is 0.408 e. The first-order valence-corrected chi connectivity index (χ1v) is 11.7. The van der Waals surface area contributed by atoms with Gasteiger partial charge in [0.25, 0.3) is 0 Å². The summed E-state index contributed by atoms with van der Waals surface area (Å²) in [4.78, 5) is 33.1. The van der Waals surface area contributed by atoms with Gasteiger partial charge in [0.1, 0.15) is 11.6 Å². The van der Waals surface area contributed by atoms with Gasteiger partial charge in [-0.3, -0.25) is 4.79 Å². The Labute approximate surface area is 186 Å². The lowest BCUT2D eigenvalue weighted by atomic mass is 9.91. The zero-order valence-corrected chi connectivity index (χ0v) is 19.7. The van der Waals surface area contributed by atoms with Gasteiger partial charge in [-0.05, 0) is 52.9 Å². The quantitative estimate of drug-likeness (QED) is 0.507. The van der Waals surface area contributed by atoms with Crippen molar-refractivity contribution in [2.45, 2.75) is 122 Å². The van der Waals surface area contributed by atoms with Gasteiger partial charge < -0.3 is 25.2 Å². The molecule has 0 bridgehead atoms. The Hall–Kier alpha value is -1.83. The lowest BCUT2D eigenvalue weighted by Crippen LogP contribution is -2.43. The summed E-state index contributed by atoms with van der Waals surface area (Å²) in [6.45, 7) is 4.99. The molecule has 2 rings (SSSR count). The van der Waals surface area contributed by atoms with E-state index in [1.165, 1.54) is 71.3 Å². The van der Waals surface area contributed by atoms with E-state index in [1.807, 2.05) is 0 Å². The average molecular weight is 443 g/mol. The molecular weight excluding hydrogens is 400 g/mol. The molecule has 1 amide bonds. The third-order valence-electron chi connectivity index (χ3n) is 5.54. The minimum Gasteiger partial charge on any atom is -0.480 e. The van der Waals surface area contributed by atoms with Gasteiger partial charge in [-0.15, -0.1) is 0 Å². The zero-order chi connectivity index (χ0) is 23.3. The number of ether oxygens (including phenoxy) is 2. The molecule has 8 heteroatoms. The summed E-state index contributed by atoms with van der Waals surface area (Å²) in [6.07, 6.45) is 13.6. The normalized spacial score (nSPS) is 18.8. The summed E-state index contributed by atoms with van der Waals surface area (Å²) in [5.41, 5.74) is -0.713. The number of carbonyl (C=O) groups excluding carboxylic acids is 2. The minimum atomic E-state index is -1.23. The second-order valence-electron chi connectivity index (χ2n) is 9.49. The van der Waals surface area contributed by atoms with Crippen molar-refractivity contribution in [2.24, 2.45) is 0 Å². The number of carboxylic acid groups (broad SMARTS) is 1. The Bertz CT molecular complexity index is 533. The summed E-state index contributed by atoms with van der Waals surface area (Å²) in [5, 5.41) is 14.9. The first-order chi connectivity index (χ1) is 14.6. The van der Waals surface area contributed by atoms with E-state index in [9.17, 15) is 14.4 Å². The predicted octanol–water partition coefficient (Wildman–Crippen LogP) is 4.16. The van der Waals surface area contributed by atoms with E-state index in [-0.39, 0.29) is 12.8 Å². The van der Waals surface area contributed by atoms with Gasteiger partial charge in [0.2, 0.25) is 0 Å². The molecule has 0 heterocycles. The molecule has 2 fully saturated rings. The van der Waals surface area contributed by atoms with Crippen LogP contribution in [-0.2, 0) is 19.1 Å². The third-order valence-corrected chi connectivity index (χ3v) is 5.54. The number of rotatable bonds is 7. The van der Waals surface area contributed by atoms with Crippen LogP contribution in [0.25, 0.3) is 0 Å². The first-order valence-electron chi connectivity index (χ1n) is 11.7. The SMILES string of the molecule is C1CCC(NC2CCCCC2)CC1.COC(=O)CC[C@@H](NC(=O)OC(C)(C)C)C(=O)O. The van der Waals surface area contributed by atoms with Crippen molar-refractivity contribution in [3.63, 3.8) is 0 Å². The molecule has 0 spiro atoms. The maximum absolute atomic E-state index is 11.4. The van der Waals surface area contributed by atoms with Crippen molar-refractivity contribution in [3.05, 3.63) is 0 Å². The number of hydrogen-bond donors (Lipinski definition) is 3. The molecule has 3 N–H and O–H groups in total. The Morgan fingerprint density at radius 1 is 0.935 bits per heavy atom. The van der Waals surface area contributed by atoms with Crippen LogP contribution in [0.4, 0.5) is 4.79 Å². The van der Waals surface area contributed by atoms with Gasteiger partial charge in [-0.25, -0.2) is 9.59 Å². The van der Waals surface area contributed by atoms with E-state index < -0.39 is 29.7 Å². The second-order valence-corrected chi connectivity index (χ2v) is 9.49. The number of nitrogens with one attached hydrogen (secondary N) is 2. The lowest BCUT2D eigenvalue weighted by molar-refractivity contribution is -0.142. The maximum atomic E-state index is 11.4. The Morgan fingerprint density at radius 3 is 1.81 bits per heavy atom. The van der Waals surface area contributed by atoms with Crippen LogP contribution in [0.5, 0.6) is 0 Å². The van der Waals surface area contributed by atoms with Crippen LogP contribution in [0.15, 0.2) is 0 Å². The average Bonchev–Trinajstić information content (AvgIpc) is 2.71. The number of alkyl carbamates (subject to hydrolysis) is 1. The first kappa shape index (κ1) is 27.2. The Kier molecular flexibility index (Phi) is 12.5. The van der Waals surface area contributed by atoms with E-state index in [1.54, 1.807) is 20.8 Å². The van der Waals surface area contributed by atoms with Crippen LogP contribution in [0, 0.1) is 0 Å². The van der Waals surface area contributed by atoms with Gasteiger partial charge in [0, 0.05) is 18.5 Å². The van der Waals surface area contributed by atoms with Gasteiger partial charge >= 0.3 is 18.0 Å². The topological polar surface area (TPSA) is 114 Å². The van der Waals surface area contributed by atoms with E-state index in [0.29, 0.717) is 0 Å². The molecule has 180 valence electrons. The van der Waals surface area contributed by atoms with Crippen molar-refractivity contribution in [1.29, 1.82) is 0 Å². The number of methoxy groups -OCH3 is 1. The molecule has 1 atom stereocenters. The van der Waals surface area contributed by atoms with Crippen LogP contribution in [0.1, 0.15) is 97.8 Å². The van der Waals surface area contributed by atoms with Crippen LogP contribution < -0.4 is 10.6 Å². The maximum Gasteiger partial charge on any atom is 0.408 e. The Balaban J connectivity index is 0.000000323. The zero-order valence-electron chi connectivity index (χ0n) is 19.7. The number of aliphatic carboxylic acids is 1. The van der Waals surface area contributed by atoms with Crippen LogP contribution in [-0.4, -0.2) is 54.0 Å². The van der Waals surface area contributed by atoms with Gasteiger partial charge in [-0.1, -0.05) is 38.5 Å². The summed E-state index contributed by atoms with van der Waals surface area (Å²) < 4.78 is 9.31. The van der Waals surface area contributed by atoms with E-state index in [0.717, 1.165) is 12.1 Å². The number of carboxylic acids is 1. The highest BCUT2D eigenvalue weighted by Crippen LogP contribution is 2.22. The monoisotopic (exact) mass is 442 g/mol. The van der Waals surface area contributed by atoms with Gasteiger partial charge in [0.15, 0.2) is 0 Å². The number of amides is 1. The minimum absolute atomic E-state index is 0.0543. The van der Waals surface area contributed by atoms with Crippen LogP contribution in [0.3, 0.4) is 0 Å². The fourth-order valence-electron chi connectivity index (χ4n) is 3.94. The molecule has 31 heavy (non-hydrogen) atoms. The van der Waals surface area contributed by atoms with E-state index >= 15 is 0 Å². The summed E-state index contributed by atoms with van der Waals surface area (Å²) in [6, 6.07) is 0.563. The molecule has 0 aromatic heterocycles. The van der Waals surface area contributed by atoms with Crippen molar-refractivity contribution < 1.29 is 29.0 Å². The van der Waals surface area contributed by atoms with Crippen molar-refractivity contribution >= 4 is 18.0 Å². The lowest BCUT2D eigenvalue weighted by Gasteiger charge is -2.30. The predicted molar refractivity (Wildman–Crippen MR) is 119 cm³/mol. The summed E-state index contributed by atoms with van der Waals surface area (Å²) in [5.74, 6) is -1.77. The molecule has 0 unspecified atom stereocenters. The third kappa shape index (κ3) is 13.2. The molecular formula is C23H42N2O6. The molecule has 8 nitrogen and oxygen atoms in total. The fourth-order valence-corrected chi connectivity index (χ4v) is 3.94. The van der Waals surface area contributed by atoms with Crippen molar-refractivity contribution in [1.82, 2.24) is 10.6 Å². The molecule has 2 aliphatic carbocycles. The second kappa shape index (κ2) is 14.3. The number of carbonyl (C=O) groups is 3. The van der Waals surface area contributed by atoms with Crippen LogP contribution in [0.2, 0.25) is 0 Å². The largest absolute Gasteiger partial charge is 0.480 e. The van der Waals surface area contributed by atoms with Gasteiger partial charge in [0.05, 0.1) is 7.11 Å². The molecule has 0 radical (unpaired) electrons. The highest BCUT2D eigenvalue weighted by atomic mass is 16.6. The van der Waals surface area contributed by atoms with E-state index in [2.05, 4.69) is 15.4 Å². The van der Waals surface area contributed by atoms with E-state index in [4.69, 9.17) is 9.84 Å². The fraction of sp³-hybridized carbons (Fsp3) is 0.870. The molecule has 0 aliphatic heterocycles.